The van der Waals surface area contributed by atoms with Crippen molar-refractivity contribution in [1.82, 2.24) is 0 Å². The van der Waals surface area contributed by atoms with E-state index in [-0.39, 0.29) is 0 Å². The summed E-state index contributed by atoms with van der Waals surface area (Å²) in [5.41, 5.74) is 2.96. The first-order chi connectivity index (χ1) is 5.84. The Morgan fingerprint density at radius 2 is 2.00 bits per heavy atom. The summed E-state index contributed by atoms with van der Waals surface area (Å²) in [5.74, 6) is 0. The second-order valence-corrected chi connectivity index (χ2v) is 3.35. The van der Waals surface area contributed by atoms with Crippen LogP contribution in [0.1, 0.15) is 39.5 Å². The summed E-state index contributed by atoms with van der Waals surface area (Å²) < 4.78 is 0. The fourth-order valence-electron chi connectivity index (χ4n) is 1.42. The van der Waals surface area contributed by atoms with Crippen molar-refractivity contribution in [3.63, 3.8) is 0 Å². The summed E-state index contributed by atoms with van der Waals surface area (Å²) in [5, 5.41) is 0. The molecule has 1 rings (SSSR count). The Hall–Kier alpha value is -0.780. The van der Waals surface area contributed by atoms with Gasteiger partial charge in [0.1, 0.15) is 0 Å². The van der Waals surface area contributed by atoms with Gasteiger partial charge in [-0.05, 0) is 37.3 Å². The van der Waals surface area contributed by atoms with Gasteiger partial charge in [-0.3, -0.25) is 0 Å². The highest BCUT2D eigenvalue weighted by Gasteiger charge is 1.97. The maximum absolute atomic E-state index is 2.28. The molecular formula is C12H18. The topological polar surface area (TPSA) is 0 Å². The van der Waals surface area contributed by atoms with E-state index in [2.05, 4.69) is 38.2 Å². The van der Waals surface area contributed by atoms with E-state index in [1.165, 1.54) is 30.4 Å². The van der Waals surface area contributed by atoms with Crippen LogP contribution < -0.4 is 0 Å². The molecule has 66 valence electrons. The Kier molecular flexibility index (Phi) is 3.86. The maximum Gasteiger partial charge on any atom is -0.0163 e. The molecule has 0 heterocycles. The fourth-order valence-corrected chi connectivity index (χ4v) is 1.42. The zero-order valence-electron chi connectivity index (χ0n) is 8.14. The normalized spacial score (nSPS) is 16.8. The zero-order valence-corrected chi connectivity index (χ0v) is 8.14. The number of rotatable bonds is 3. The molecule has 0 spiro atoms. The van der Waals surface area contributed by atoms with Crippen molar-refractivity contribution in [1.29, 1.82) is 0 Å². The highest BCUT2D eigenvalue weighted by atomic mass is 14.0. The van der Waals surface area contributed by atoms with E-state index in [0.29, 0.717) is 0 Å². The first kappa shape index (κ1) is 9.31. The van der Waals surface area contributed by atoms with E-state index in [1.54, 1.807) is 0 Å². The third-order valence-electron chi connectivity index (χ3n) is 2.27. The van der Waals surface area contributed by atoms with Gasteiger partial charge < -0.3 is 0 Å². The van der Waals surface area contributed by atoms with Crippen molar-refractivity contribution in [2.24, 2.45) is 0 Å². The first-order valence-electron chi connectivity index (χ1n) is 4.87. The minimum Gasteiger partial charge on any atom is -0.0805 e. The van der Waals surface area contributed by atoms with Gasteiger partial charge in [0.15, 0.2) is 0 Å². The second-order valence-electron chi connectivity index (χ2n) is 3.35. The number of hydrogen-bond donors (Lipinski definition) is 0. The molecule has 0 aromatic carbocycles. The fraction of sp³-hybridized carbons (Fsp3) is 0.500. The van der Waals surface area contributed by atoms with Crippen LogP contribution in [0.25, 0.3) is 0 Å². The standard InChI is InChI=1S/C12H18/c1-3-4-9-12-10-7-5-6-8-11(12)2/h6-8,10H,3-5,9H2,1-2H3. The first-order valence-corrected chi connectivity index (χ1v) is 4.87. The van der Waals surface area contributed by atoms with E-state index in [4.69, 9.17) is 0 Å². The predicted octanol–water partition coefficient (Wildman–Crippen LogP) is 4.01. The molecule has 0 aromatic heterocycles. The molecule has 12 heavy (non-hydrogen) atoms. The molecule has 0 saturated heterocycles. The summed E-state index contributed by atoms with van der Waals surface area (Å²) in [7, 11) is 0. The van der Waals surface area contributed by atoms with Crippen LogP contribution >= 0.6 is 0 Å². The Labute approximate surface area is 75.7 Å². The SMILES string of the molecule is CCCCC1=C(C)C=CCC=C1. The summed E-state index contributed by atoms with van der Waals surface area (Å²) >= 11 is 0. The third-order valence-corrected chi connectivity index (χ3v) is 2.27. The minimum absolute atomic E-state index is 1.09. The molecule has 0 N–H and O–H groups in total. The van der Waals surface area contributed by atoms with Gasteiger partial charge in [0.2, 0.25) is 0 Å². The van der Waals surface area contributed by atoms with Crippen LogP contribution in [-0.2, 0) is 0 Å². The molecule has 0 nitrogen and oxygen atoms in total. The van der Waals surface area contributed by atoms with Gasteiger partial charge in [-0.25, -0.2) is 0 Å². The van der Waals surface area contributed by atoms with Gasteiger partial charge >= 0.3 is 0 Å². The van der Waals surface area contributed by atoms with E-state index in [0.717, 1.165) is 6.42 Å². The number of hydrogen-bond acceptors (Lipinski definition) is 0. The van der Waals surface area contributed by atoms with Gasteiger partial charge in [-0.2, -0.15) is 0 Å². The molecule has 0 fully saturated rings. The van der Waals surface area contributed by atoms with Crippen LogP contribution in [0.15, 0.2) is 35.5 Å². The average Bonchev–Trinajstić information content (AvgIpc) is 2.27. The Morgan fingerprint density at radius 3 is 2.75 bits per heavy atom. The van der Waals surface area contributed by atoms with Crippen molar-refractivity contribution < 1.29 is 0 Å². The largest absolute Gasteiger partial charge is 0.0805 e. The summed E-state index contributed by atoms with van der Waals surface area (Å²) in [6.45, 7) is 4.45. The second kappa shape index (κ2) is 4.97. The molecule has 0 radical (unpaired) electrons. The molecule has 0 unspecified atom stereocenters. The summed E-state index contributed by atoms with van der Waals surface area (Å²) in [6, 6.07) is 0. The maximum atomic E-state index is 2.28. The average molecular weight is 162 g/mol. The molecule has 0 aliphatic heterocycles. The van der Waals surface area contributed by atoms with Crippen molar-refractivity contribution in [3.05, 3.63) is 35.5 Å². The highest BCUT2D eigenvalue weighted by Crippen LogP contribution is 2.17. The third kappa shape index (κ3) is 2.69. The Bertz CT molecular complexity index is 216. The van der Waals surface area contributed by atoms with Crippen LogP contribution in [0.3, 0.4) is 0 Å². The molecule has 0 heteroatoms. The molecule has 0 atom stereocenters. The van der Waals surface area contributed by atoms with Crippen LogP contribution in [0.5, 0.6) is 0 Å². The Balaban J connectivity index is 2.63. The van der Waals surface area contributed by atoms with Crippen LogP contribution in [0.4, 0.5) is 0 Å². The molecule has 1 aliphatic carbocycles. The molecule has 0 bridgehead atoms. The molecular weight excluding hydrogens is 144 g/mol. The van der Waals surface area contributed by atoms with E-state index in [1.807, 2.05) is 0 Å². The lowest BCUT2D eigenvalue weighted by atomic mass is 10.0. The van der Waals surface area contributed by atoms with Crippen molar-refractivity contribution in [2.75, 3.05) is 0 Å². The van der Waals surface area contributed by atoms with Gasteiger partial charge in [-0.15, -0.1) is 0 Å². The number of unbranched alkanes of at least 4 members (excludes halogenated alkanes) is 1. The minimum atomic E-state index is 1.09. The monoisotopic (exact) mass is 162 g/mol. The molecule has 0 amide bonds. The predicted molar refractivity (Wildman–Crippen MR) is 55.1 cm³/mol. The lowest BCUT2D eigenvalue weighted by Gasteiger charge is -2.02. The Morgan fingerprint density at radius 1 is 1.25 bits per heavy atom. The lowest BCUT2D eigenvalue weighted by Crippen LogP contribution is -1.82. The van der Waals surface area contributed by atoms with Crippen molar-refractivity contribution in [2.45, 2.75) is 39.5 Å². The van der Waals surface area contributed by atoms with E-state index in [9.17, 15) is 0 Å². The molecule has 1 aliphatic rings. The van der Waals surface area contributed by atoms with Gasteiger partial charge in [0.05, 0.1) is 0 Å². The molecule has 0 aromatic rings. The zero-order chi connectivity index (χ0) is 8.81. The number of allylic oxidation sites excluding steroid dienone is 6. The van der Waals surface area contributed by atoms with Crippen LogP contribution in [-0.4, -0.2) is 0 Å². The van der Waals surface area contributed by atoms with E-state index < -0.39 is 0 Å². The van der Waals surface area contributed by atoms with Crippen molar-refractivity contribution >= 4 is 0 Å². The lowest BCUT2D eigenvalue weighted by molar-refractivity contribution is 0.794. The van der Waals surface area contributed by atoms with Crippen LogP contribution in [0.2, 0.25) is 0 Å². The summed E-state index contributed by atoms with van der Waals surface area (Å²) in [4.78, 5) is 0. The van der Waals surface area contributed by atoms with Gasteiger partial charge in [0, 0.05) is 0 Å². The van der Waals surface area contributed by atoms with Crippen LogP contribution in [0, 0.1) is 0 Å². The summed E-state index contributed by atoms with van der Waals surface area (Å²) in [6.07, 6.45) is 13.9. The van der Waals surface area contributed by atoms with Gasteiger partial charge in [-0.1, -0.05) is 37.6 Å². The van der Waals surface area contributed by atoms with E-state index >= 15 is 0 Å². The van der Waals surface area contributed by atoms with Crippen molar-refractivity contribution in [3.8, 4) is 0 Å². The smallest absolute Gasteiger partial charge is 0.0163 e. The quantitative estimate of drug-likeness (QED) is 0.588. The highest BCUT2D eigenvalue weighted by molar-refractivity contribution is 5.34. The van der Waals surface area contributed by atoms with Gasteiger partial charge in [0.25, 0.3) is 0 Å². The molecule has 0 saturated carbocycles.